The Bertz CT molecular complexity index is 919. The Kier molecular flexibility index (Phi) is 5.70. The first-order chi connectivity index (χ1) is 12.8. The van der Waals surface area contributed by atoms with Gasteiger partial charge in [-0.1, -0.05) is 62.7 Å². The molecule has 1 heteroatoms. The summed E-state index contributed by atoms with van der Waals surface area (Å²) in [5.74, 6) is 1.23. The molecule has 0 bridgehead atoms. The number of benzene rings is 3. The molecule has 1 unspecified atom stereocenters. The van der Waals surface area contributed by atoms with E-state index in [1.54, 1.807) is 0 Å². The lowest BCUT2D eigenvalue weighted by Gasteiger charge is -2.19. The van der Waals surface area contributed by atoms with Crippen LogP contribution in [-0.2, 0) is 0 Å². The van der Waals surface area contributed by atoms with Gasteiger partial charge in [0.25, 0.3) is 0 Å². The minimum Gasteiger partial charge on any atom is -0.356 e. The number of hydrogen-bond donors (Lipinski definition) is 1. The van der Waals surface area contributed by atoms with Crippen LogP contribution in [0.25, 0.3) is 11.1 Å². The fourth-order valence-corrected chi connectivity index (χ4v) is 3.59. The van der Waals surface area contributed by atoms with E-state index in [-0.39, 0.29) is 0 Å². The Morgan fingerprint density at radius 2 is 1.26 bits per heavy atom. The summed E-state index contributed by atoms with van der Waals surface area (Å²) in [7, 11) is 0. The largest absolute Gasteiger partial charge is 0.356 e. The van der Waals surface area contributed by atoms with Crippen LogP contribution in [0, 0.1) is 26.7 Å². The van der Waals surface area contributed by atoms with E-state index in [9.17, 15) is 0 Å². The van der Waals surface area contributed by atoms with E-state index in [0.29, 0.717) is 11.8 Å². The maximum atomic E-state index is 3.57. The Morgan fingerprint density at radius 1 is 0.667 bits per heavy atom. The highest BCUT2D eigenvalue weighted by Crippen LogP contribution is 2.31. The fourth-order valence-electron chi connectivity index (χ4n) is 3.59. The second-order valence-electron chi connectivity index (χ2n) is 8.12. The smallest absolute Gasteiger partial charge is 0.0387 e. The Balaban J connectivity index is 1.81. The second-order valence-corrected chi connectivity index (χ2v) is 8.12. The Morgan fingerprint density at radius 3 is 1.81 bits per heavy atom. The van der Waals surface area contributed by atoms with Gasteiger partial charge in [-0.2, -0.15) is 0 Å². The molecule has 1 nitrogen and oxygen atoms in total. The summed E-state index contributed by atoms with van der Waals surface area (Å²) in [6.45, 7) is 13.4. The van der Waals surface area contributed by atoms with Crippen LogP contribution in [-0.4, -0.2) is 0 Å². The molecule has 0 aliphatic carbocycles. The van der Waals surface area contributed by atoms with Gasteiger partial charge in [-0.3, -0.25) is 0 Å². The molecule has 0 aliphatic rings. The monoisotopic (exact) mass is 357 g/mol. The third-order valence-electron chi connectivity index (χ3n) is 5.64. The zero-order chi connectivity index (χ0) is 19.6. The van der Waals surface area contributed by atoms with Crippen molar-refractivity contribution in [2.24, 2.45) is 5.92 Å². The van der Waals surface area contributed by atoms with E-state index in [1.165, 1.54) is 33.4 Å². The molecule has 0 saturated heterocycles. The van der Waals surface area contributed by atoms with Crippen molar-refractivity contribution in [1.82, 2.24) is 0 Å². The van der Waals surface area contributed by atoms with Crippen molar-refractivity contribution in [2.75, 3.05) is 5.32 Å². The molecular weight excluding hydrogens is 326 g/mol. The normalized spacial score (nSPS) is 12.3. The predicted octanol–water partition coefficient (Wildman–Crippen LogP) is 7.78. The third-order valence-corrected chi connectivity index (χ3v) is 5.64. The van der Waals surface area contributed by atoms with E-state index >= 15 is 0 Å². The van der Waals surface area contributed by atoms with Gasteiger partial charge in [0.2, 0.25) is 0 Å². The summed E-state index contributed by atoms with van der Waals surface area (Å²) >= 11 is 0. The summed E-state index contributed by atoms with van der Waals surface area (Å²) in [4.78, 5) is 0. The molecule has 3 aromatic rings. The summed E-state index contributed by atoms with van der Waals surface area (Å²) in [5, 5.41) is 3.57. The number of hydrogen-bond acceptors (Lipinski definition) is 1. The van der Waals surface area contributed by atoms with Gasteiger partial charge in [0.05, 0.1) is 0 Å². The van der Waals surface area contributed by atoms with Crippen LogP contribution in [0.1, 0.15) is 48.9 Å². The van der Waals surface area contributed by atoms with Crippen molar-refractivity contribution in [2.45, 2.75) is 47.5 Å². The maximum absolute atomic E-state index is 3.57. The molecule has 3 rings (SSSR count). The molecule has 1 N–H and O–H groups in total. The van der Waals surface area contributed by atoms with E-state index in [0.717, 1.165) is 11.4 Å². The summed E-state index contributed by atoms with van der Waals surface area (Å²) < 4.78 is 0. The number of anilines is 2. The molecule has 1 atom stereocenters. The van der Waals surface area contributed by atoms with Gasteiger partial charge in [-0.05, 0) is 84.7 Å². The molecule has 0 fully saturated rings. The predicted molar refractivity (Wildman–Crippen MR) is 119 cm³/mol. The second kappa shape index (κ2) is 8.00. The maximum Gasteiger partial charge on any atom is 0.0387 e. The molecule has 0 amide bonds. The summed E-state index contributed by atoms with van der Waals surface area (Å²) in [6, 6.07) is 22.1. The molecule has 0 aromatic heterocycles. The topological polar surface area (TPSA) is 12.0 Å². The van der Waals surface area contributed by atoms with Crippen molar-refractivity contribution < 1.29 is 0 Å². The minimum atomic E-state index is 0.579. The summed E-state index contributed by atoms with van der Waals surface area (Å²) in [5.41, 5.74) is 10.2. The van der Waals surface area contributed by atoms with Gasteiger partial charge >= 0.3 is 0 Å². The van der Waals surface area contributed by atoms with Gasteiger partial charge in [0.15, 0.2) is 0 Å². The standard InChI is InChI=1S/C26H31N/c1-17(2)21(6)25-13-11-23(15-19(25)4)27-24-12-14-26(20(5)16-24)22-9-7-18(3)8-10-22/h7-17,21,27H,1-6H3. The third kappa shape index (κ3) is 4.42. The first kappa shape index (κ1) is 19.2. The molecule has 3 aromatic carbocycles. The van der Waals surface area contributed by atoms with Gasteiger partial charge in [0, 0.05) is 11.4 Å². The Labute approximate surface area is 164 Å². The quantitative estimate of drug-likeness (QED) is 0.491. The van der Waals surface area contributed by atoms with Crippen molar-refractivity contribution >= 4 is 11.4 Å². The summed E-state index contributed by atoms with van der Waals surface area (Å²) in [6.07, 6.45) is 0. The zero-order valence-electron chi connectivity index (χ0n) is 17.4. The van der Waals surface area contributed by atoms with Crippen LogP contribution in [0.5, 0.6) is 0 Å². The van der Waals surface area contributed by atoms with E-state index in [2.05, 4.69) is 108 Å². The van der Waals surface area contributed by atoms with Crippen LogP contribution in [0.15, 0.2) is 60.7 Å². The van der Waals surface area contributed by atoms with Gasteiger partial charge in [-0.15, -0.1) is 0 Å². The van der Waals surface area contributed by atoms with Crippen LogP contribution >= 0.6 is 0 Å². The van der Waals surface area contributed by atoms with Crippen molar-refractivity contribution in [3.63, 3.8) is 0 Å². The van der Waals surface area contributed by atoms with Gasteiger partial charge < -0.3 is 5.32 Å². The van der Waals surface area contributed by atoms with Crippen LogP contribution in [0.4, 0.5) is 11.4 Å². The lowest BCUT2D eigenvalue weighted by Crippen LogP contribution is -2.04. The van der Waals surface area contributed by atoms with Crippen LogP contribution < -0.4 is 5.32 Å². The SMILES string of the molecule is Cc1ccc(-c2ccc(Nc3ccc(C(C)C(C)C)c(C)c3)cc2C)cc1. The molecule has 0 radical (unpaired) electrons. The lowest BCUT2D eigenvalue weighted by atomic mass is 9.87. The zero-order valence-corrected chi connectivity index (χ0v) is 17.4. The lowest BCUT2D eigenvalue weighted by molar-refractivity contribution is 0.533. The van der Waals surface area contributed by atoms with E-state index in [1.807, 2.05) is 0 Å². The van der Waals surface area contributed by atoms with Gasteiger partial charge in [0.1, 0.15) is 0 Å². The van der Waals surface area contributed by atoms with Crippen molar-refractivity contribution in [3.8, 4) is 11.1 Å². The molecule has 0 saturated carbocycles. The van der Waals surface area contributed by atoms with Gasteiger partial charge in [-0.25, -0.2) is 0 Å². The Hall–Kier alpha value is -2.54. The number of rotatable bonds is 5. The fraction of sp³-hybridized carbons (Fsp3) is 0.308. The van der Waals surface area contributed by atoms with Crippen LogP contribution in [0.3, 0.4) is 0 Å². The van der Waals surface area contributed by atoms with E-state index in [4.69, 9.17) is 0 Å². The molecule has 140 valence electrons. The molecule has 0 heterocycles. The average Bonchev–Trinajstić information content (AvgIpc) is 2.62. The molecule has 0 aliphatic heterocycles. The van der Waals surface area contributed by atoms with E-state index < -0.39 is 0 Å². The highest BCUT2D eigenvalue weighted by atomic mass is 14.9. The molecule has 27 heavy (non-hydrogen) atoms. The minimum absolute atomic E-state index is 0.579. The molecule has 0 spiro atoms. The number of nitrogens with one attached hydrogen (secondary N) is 1. The van der Waals surface area contributed by atoms with Crippen molar-refractivity contribution in [3.05, 3.63) is 82.9 Å². The molecular formula is C26H31N. The van der Waals surface area contributed by atoms with Crippen molar-refractivity contribution in [1.29, 1.82) is 0 Å². The first-order valence-electron chi connectivity index (χ1n) is 9.90. The van der Waals surface area contributed by atoms with Crippen LogP contribution in [0.2, 0.25) is 0 Å². The highest BCUT2D eigenvalue weighted by molar-refractivity contribution is 5.72. The first-order valence-corrected chi connectivity index (χ1v) is 9.90. The highest BCUT2D eigenvalue weighted by Gasteiger charge is 2.12. The number of aryl methyl sites for hydroxylation is 3. The average molecular weight is 358 g/mol.